The lowest BCUT2D eigenvalue weighted by atomic mass is 10.6. The third kappa shape index (κ3) is 1.31. The van der Waals surface area contributed by atoms with Gasteiger partial charge in [-0.2, -0.15) is 0 Å². The molecule has 0 aromatic carbocycles. The van der Waals surface area contributed by atoms with Gasteiger partial charge in [0.15, 0.2) is 0 Å². The number of sulfonamides is 1. The van der Waals surface area contributed by atoms with Crippen LogP contribution in [0.2, 0.25) is 0 Å². The van der Waals surface area contributed by atoms with Crippen molar-refractivity contribution in [3.63, 3.8) is 0 Å². The molecule has 0 bridgehead atoms. The van der Waals surface area contributed by atoms with Crippen LogP contribution in [0.25, 0.3) is 0 Å². The van der Waals surface area contributed by atoms with Gasteiger partial charge in [-0.25, -0.2) is 13.6 Å². The molecular formula is C3H5N3O2S2. The second-order valence-corrected chi connectivity index (χ2v) is 4.11. The van der Waals surface area contributed by atoms with Crippen LogP contribution < -0.4 is 5.14 Å². The minimum Gasteiger partial charge on any atom is -0.223 e. The molecule has 0 spiro atoms. The Morgan fingerprint density at radius 3 is 2.40 bits per heavy atom. The van der Waals surface area contributed by atoms with Gasteiger partial charge in [-0.3, -0.25) is 0 Å². The number of aryl methyl sites for hydroxylation is 1. The molecule has 1 aromatic heterocycles. The van der Waals surface area contributed by atoms with Crippen LogP contribution in [-0.2, 0) is 10.0 Å². The monoisotopic (exact) mass is 179 g/mol. The third-order valence-corrected chi connectivity index (χ3v) is 2.57. The van der Waals surface area contributed by atoms with Crippen molar-refractivity contribution in [2.24, 2.45) is 5.14 Å². The topological polar surface area (TPSA) is 85.9 Å². The molecule has 0 atom stereocenters. The van der Waals surface area contributed by atoms with Gasteiger partial charge < -0.3 is 0 Å². The maximum atomic E-state index is 10.6. The fourth-order valence-corrected chi connectivity index (χ4v) is 1.92. The van der Waals surface area contributed by atoms with E-state index < -0.39 is 10.0 Å². The summed E-state index contributed by atoms with van der Waals surface area (Å²) < 4.78 is 24.6. The van der Waals surface area contributed by atoms with Gasteiger partial charge in [0.25, 0.3) is 10.0 Å². The van der Waals surface area contributed by atoms with Crippen LogP contribution in [-0.4, -0.2) is 18.0 Å². The second-order valence-electron chi connectivity index (χ2n) is 1.68. The first-order chi connectivity index (χ1) is 4.52. The zero-order valence-electron chi connectivity index (χ0n) is 5.10. The first-order valence-corrected chi connectivity index (χ1v) is 4.65. The van der Waals surface area contributed by atoms with Crippen molar-refractivity contribution in [1.29, 1.82) is 0 Å². The minimum absolute atomic E-state index is 0.127. The Labute approximate surface area is 62.1 Å². The van der Waals surface area contributed by atoms with E-state index in [-0.39, 0.29) is 5.03 Å². The van der Waals surface area contributed by atoms with Crippen LogP contribution in [0.5, 0.6) is 0 Å². The maximum absolute atomic E-state index is 10.6. The number of nitrogens with zero attached hydrogens (tertiary/aromatic N) is 2. The molecule has 0 radical (unpaired) electrons. The van der Waals surface area contributed by atoms with E-state index in [0.29, 0.717) is 4.88 Å². The van der Waals surface area contributed by atoms with E-state index >= 15 is 0 Å². The van der Waals surface area contributed by atoms with Crippen LogP contribution in [0.4, 0.5) is 0 Å². The molecule has 1 aromatic rings. The van der Waals surface area contributed by atoms with E-state index in [4.69, 9.17) is 5.14 Å². The molecule has 0 saturated heterocycles. The molecule has 0 unspecified atom stereocenters. The summed E-state index contributed by atoms with van der Waals surface area (Å²) >= 11 is 1.01. The van der Waals surface area contributed by atoms with Crippen LogP contribution in [0.3, 0.4) is 0 Å². The number of rotatable bonds is 1. The molecular weight excluding hydrogens is 174 g/mol. The normalized spacial score (nSPS) is 11.8. The molecule has 1 heterocycles. The van der Waals surface area contributed by atoms with Crippen LogP contribution >= 0.6 is 11.5 Å². The van der Waals surface area contributed by atoms with Gasteiger partial charge in [-0.15, -0.1) is 5.10 Å². The Balaban J connectivity index is 3.32. The summed E-state index contributed by atoms with van der Waals surface area (Å²) in [5.74, 6) is 0. The average Bonchev–Trinajstić information content (AvgIpc) is 2.11. The van der Waals surface area contributed by atoms with Crippen molar-refractivity contribution in [3.05, 3.63) is 4.88 Å². The smallest absolute Gasteiger partial charge is 0.223 e. The SMILES string of the molecule is Cc1snnc1S(N)(=O)=O. The van der Waals surface area contributed by atoms with E-state index in [9.17, 15) is 8.42 Å². The molecule has 10 heavy (non-hydrogen) atoms. The predicted octanol–water partition coefficient (Wildman–Crippen LogP) is -0.506. The number of nitrogens with two attached hydrogens (primary N) is 1. The third-order valence-electron chi connectivity index (χ3n) is 0.880. The zero-order valence-corrected chi connectivity index (χ0v) is 6.74. The first-order valence-electron chi connectivity index (χ1n) is 2.33. The summed E-state index contributed by atoms with van der Waals surface area (Å²) in [5, 5.41) is 7.99. The Morgan fingerprint density at radius 2 is 2.20 bits per heavy atom. The largest absolute Gasteiger partial charge is 0.258 e. The highest BCUT2D eigenvalue weighted by Gasteiger charge is 2.14. The van der Waals surface area contributed by atoms with Crippen molar-refractivity contribution in [1.82, 2.24) is 9.59 Å². The highest BCUT2D eigenvalue weighted by molar-refractivity contribution is 7.89. The van der Waals surface area contributed by atoms with Gasteiger partial charge in [0.05, 0.1) is 4.88 Å². The summed E-state index contributed by atoms with van der Waals surface area (Å²) in [7, 11) is -3.65. The van der Waals surface area contributed by atoms with Crippen LogP contribution in [0.1, 0.15) is 4.88 Å². The molecule has 0 aliphatic rings. The quantitative estimate of drug-likeness (QED) is 0.629. The van der Waals surface area contributed by atoms with Crippen molar-refractivity contribution >= 4 is 21.6 Å². The molecule has 0 amide bonds. The van der Waals surface area contributed by atoms with Crippen molar-refractivity contribution < 1.29 is 8.42 Å². The van der Waals surface area contributed by atoms with E-state index in [0.717, 1.165) is 11.5 Å². The summed E-state index contributed by atoms with van der Waals surface area (Å²) in [6.07, 6.45) is 0. The Hall–Kier alpha value is -0.530. The fourth-order valence-electron chi connectivity index (χ4n) is 0.485. The minimum atomic E-state index is -3.65. The maximum Gasteiger partial charge on any atom is 0.258 e. The highest BCUT2D eigenvalue weighted by Crippen LogP contribution is 2.11. The van der Waals surface area contributed by atoms with Gasteiger partial charge in [-0.1, -0.05) is 4.49 Å². The molecule has 2 N–H and O–H groups in total. The molecule has 7 heteroatoms. The van der Waals surface area contributed by atoms with Crippen LogP contribution in [0.15, 0.2) is 5.03 Å². The van der Waals surface area contributed by atoms with E-state index in [1.807, 2.05) is 0 Å². The number of aromatic nitrogens is 2. The Kier molecular flexibility index (Phi) is 1.71. The van der Waals surface area contributed by atoms with Gasteiger partial charge in [0.1, 0.15) is 0 Å². The predicted molar refractivity (Wildman–Crippen MR) is 36.0 cm³/mol. The number of hydrogen-bond donors (Lipinski definition) is 1. The van der Waals surface area contributed by atoms with E-state index in [2.05, 4.69) is 9.59 Å². The molecule has 0 saturated carbocycles. The molecule has 5 nitrogen and oxygen atoms in total. The molecule has 1 rings (SSSR count). The second kappa shape index (κ2) is 2.26. The van der Waals surface area contributed by atoms with Gasteiger partial charge >= 0.3 is 0 Å². The molecule has 56 valence electrons. The number of hydrogen-bond acceptors (Lipinski definition) is 5. The van der Waals surface area contributed by atoms with Crippen molar-refractivity contribution in [3.8, 4) is 0 Å². The van der Waals surface area contributed by atoms with Crippen molar-refractivity contribution in [2.45, 2.75) is 11.9 Å². The van der Waals surface area contributed by atoms with Crippen LogP contribution in [0, 0.1) is 6.92 Å². The molecule has 0 aliphatic heterocycles. The summed E-state index contributed by atoms with van der Waals surface area (Å²) in [6, 6.07) is 0. The molecule has 0 fully saturated rings. The Morgan fingerprint density at radius 1 is 1.60 bits per heavy atom. The first kappa shape index (κ1) is 7.58. The van der Waals surface area contributed by atoms with Gasteiger partial charge in [-0.05, 0) is 18.5 Å². The van der Waals surface area contributed by atoms with E-state index in [1.165, 1.54) is 0 Å². The standard InChI is InChI=1S/C3H5N3O2S2/c1-2-3(5-6-9-2)10(4,7)8/h1H3,(H2,4,7,8). The van der Waals surface area contributed by atoms with Gasteiger partial charge in [0, 0.05) is 0 Å². The van der Waals surface area contributed by atoms with E-state index in [1.54, 1.807) is 6.92 Å². The van der Waals surface area contributed by atoms with Gasteiger partial charge in [0.2, 0.25) is 5.03 Å². The lowest BCUT2D eigenvalue weighted by Gasteiger charge is -1.88. The Bertz CT molecular complexity index is 327. The molecule has 0 aliphatic carbocycles. The summed E-state index contributed by atoms with van der Waals surface area (Å²) in [4.78, 5) is 0.516. The number of primary sulfonamides is 1. The van der Waals surface area contributed by atoms with Crippen molar-refractivity contribution in [2.75, 3.05) is 0 Å². The fraction of sp³-hybridized carbons (Fsp3) is 0.333. The highest BCUT2D eigenvalue weighted by atomic mass is 32.2. The summed E-state index contributed by atoms with van der Waals surface area (Å²) in [6.45, 7) is 1.60. The zero-order chi connectivity index (χ0) is 7.78. The lowest BCUT2D eigenvalue weighted by Crippen LogP contribution is -2.13. The average molecular weight is 179 g/mol. The summed E-state index contributed by atoms with van der Waals surface area (Å²) in [5.41, 5.74) is 0. The lowest BCUT2D eigenvalue weighted by molar-refractivity contribution is 0.593.